The van der Waals surface area contributed by atoms with Crippen LogP contribution >= 0.6 is 24.0 Å². The van der Waals surface area contributed by atoms with Crippen molar-refractivity contribution < 1.29 is 0 Å². The Labute approximate surface area is 136 Å². The van der Waals surface area contributed by atoms with Crippen LogP contribution in [0.3, 0.4) is 0 Å². The molecule has 1 aliphatic rings. The van der Waals surface area contributed by atoms with Crippen molar-refractivity contribution in [1.29, 1.82) is 0 Å². The molecule has 0 saturated carbocycles. The molecule has 1 saturated heterocycles. The predicted octanol–water partition coefficient (Wildman–Crippen LogP) is 3.30. The Morgan fingerprint density at radius 2 is 2.19 bits per heavy atom. The van der Waals surface area contributed by atoms with Crippen LogP contribution in [0.4, 0.5) is 0 Å². The lowest BCUT2D eigenvalue weighted by atomic mass is 10.0. The number of pyridine rings is 1. The van der Waals surface area contributed by atoms with Crippen LogP contribution in [0.1, 0.15) is 17.2 Å². The monoisotopic (exact) mass is 323 g/mol. The second-order valence-corrected chi connectivity index (χ2v) is 5.54. The molecule has 2 aromatic rings. The Morgan fingerprint density at radius 3 is 2.95 bits per heavy atom. The van der Waals surface area contributed by atoms with Gasteiger partial charge < -0.3 is 5.32 Å². The molecular formula is C16H19Cl2N3. The van der Waals surface area contributed by atoms with Gasteiger partial charge in [0.05, 0.1) is 0 Å². The van der Waals surface area contributed by atoms with Crippen molar-refractivity contribution in [3.63, 3.8) is 0 Å². The highest BCUT2D eigenvalue weighted by Crippen LogP contribution is 2.25. The summed E-state index contributed by atoms with van der Waals surface area (Å²) < 4.78 is 0. The number of hydrogen-bond acceptors (Lipinski definition) is 3. The molecule has 1 fully saturated rings. The first-order valence-corrected chi connectivity index (χ1v) is 7.30. The molecule has 1 unspecified atom stereocenters. The number of halogens is 2. The lowest BCUT2D eigenvalue weighted by molar-refractivity contribution is 0.153. The molecule has 1 aliphatic heterocycles. The fraction of sp³-hybridized carbons (Fsp3) is 0.312. The van der Waals surface area contributed by atoms with Crippen LogP contribution in [-0.4, -0.2) is 29.5 Å². The molecule has 3 nitrogen and oxygen atoms in total. The number of nitrogens with zero attached hydrogens (tertiary/aromatic N) is 2. The van der Waals surface area contributed by atoms with Crippen LogP contribution in [0, 0.1) is 0 Å². The van der Waals surface area contributed by atoms with Crippen molar-refractivity contribution in [1.82, 2.24) is 15.2 Å². The average Bonchev–Trinajstić information content (AvgIpc) is 2.49. The first-order chi connectivity index (χ1) is 9.83. The first-order valence-electron chi connectivity index (χ1n) is 6.92. The summed E-state index contributed by atoms with van der Waals surface area (Å²) in [6.07, 6.45) is 3.76. The fourth-order valence-corrected chi connectivity index (χ4v) is 2.90. The van der Waals surface area contributed by atoms with Gasteiger partial charge in [0, 0.05) is 49.6 Å². The molecule has 0 bridgehead atoms. The summed E-state index contributed by atoms with van der Waals surface area (Å²) in [5.41, 5.74) is 2.52. The fourth-order valence-electron chi connectivity index (χ4n) is 2.70. The van der Waals surface area contributed by atoms with Crippen LogP contribution in [0.5, 0.6) is 0 Å². The van der Waals surface area contributed by atoms with Crippen molar-refractivity contribution in [2.24, 2.45) is 0 Å². The van der Waals surface area contributed by atoms with Crippen LogP contribution < -0.4 is 5.32 Å². The summed E-state index contributed by atoms with van der Waals surface area (Å²) in [5, 5.41) is 4.27. The van der Waals surface area contributed by atoms with Gasteiger partial charge in [0.2, 0.25) is 0 Å². The molecule has 2 heterocycles. The van der Waals surface area contributed by atoms with Gasteiger partial charge in [-0.2, -0.15) is 0 Å². The summed E-state index contributed by atoms with van der Waals surface area (Å²) >= 11 is 6.12. The Morgan fingerprint density at radius 1 is 1.29 bits per heavy atom. The van der Waals surface area contributed by atoms with Gasteiger partial charge >= 0.3 is 0 Å². The Kier molecular flexibility index (Phi) is 6.00. The number of rotatable bonds is 3. The summed E-state index contributed by atoms with van der Waals surface area (Å²) in [4.78, 5) is 6.68. The first kappa shape index (κ1) is 16.2. The molecule has 0 aliphatic carbocycles. The maximum atomic E-state index is 6.12. The average molecular weight is 324 g/mol. The Balaban J connectivity index is 0.00000161. The van der Waals surface area contributed by atoms with Gasteiger partial charge in [-0.15, -0.1) is 12.4 Å². The number of benzene rings is 1. The highest BCUT2D eigenvalue weighted by molar-refractivity contribution is 6.30. The smallest absolute Gasteiger partial charge is 0.0477 e. The van der Waals surface area contributed by atoms with Crippen molar-refractivity contribution >= 4 is 24.0 Å². The standard InChI is InChI=1S/C16H18ClN3.ClH/c17-15-5-1-4-14(9-15)16-11-19-7-8-20(16)12-13-3-2-6-18-10-13;/h1-6,9-10,16,19H,7-8,11-12H2;1H. The minimum absolute atomic E-state index is 0. The minimum atomic E-state index is 0. The van der Waals surface area contributed by atoms with Gasteiger partial charge in [-0.3, -0.25) is 9.88 Å². The van der Waals surface area contributed by atoms with Crippen molar-refractivity contribution in [3.05, 3.63) is 64.9 Å². The van der Waals surface area contributed by atoms with Gasteiger partial charge in [-0.25, -0.2) is 0 Å². The second kappa shape index (κ2) is 7.76. The zero-order chi connectivity index (χ0) is 13.8. The lowest BCUT2D eigenvalue weighted by Gasteiger charge is -2.36. The quantitative estimate of drug-likeness (QED) is 0.939. The number of aromatic nitrogens is 1. The van der Waals surface area contributed by atoms with Gasteiger partial charge in [-0.05, 0) is 29.3 Å². The molecular weight excluding hydrogens is 305 g/mol. The van der Waals surface area contributed by atoms with Gasteiger partial charge in [-0.1, -0.05) is 29.8 Å². The van der Waals surface area contributed by atoms with E-state index in [1.165, 1.54) is 11.1 Å². The van der Waals surface area contributed by atoms with E-state index in [0.29, 0.717) is 6.04 Å². The molecule has 1 aromatic heterocycles. The minimum Gasteiger partial charge on any atom is -0.314 e. The Bertz CT molecular complexity index is 562. The summed E-state index contributed by atoms with van der Waals surface area (Å²) in [7, 11) is 0. The molecule has 5 heteroatoms. The molecule has 0 amide bonds. The highest BCUT2D eigenvalue weighted by atomic mass is 35.5. The largest absolute Gasteiger partial charge is 0.314 e. The normalized spacial score (nSPS) is 19.0. The molecule has 0 radical (unpaired) electrons. The van der Waals surface area contributed by atoms with Crippen LogP contribution in [0.15, 0.2) is 48.8 Å². The van der Waals surface area contributed by atoms with E-state index in [9.17, 15) is 0 Å². The van der Waals surface area contributed by atoms with E-state index < -0.39 is 0 Å². The molecule has 1 aromatic carbocycles. The lowest BCUT2D eigenvalue weighted by Crippen LogP contribution is -2.45. The number of piperazine rings is 1. The topological polar surface area (TPSA) is 28.2 Å². The maximum absolute atomic E-state index is 6.12. The Hall–Kier alpha value is -1.13. The van der Waals surface area contributed by atoms with Crippen LogP contribution in [0.2, 0.25) is 5.02 Å². The van der Waals surface area contributed by atoms with Crippen molar-refractivity contribution in [2.75, 3.05) is 19.6 Å². The third kappa shape index (κ3) is 4.17. The van der Waals surface area contributed by atoms with Gasteiger partial charge in [0.1, 0.15) is 0 Å². The van der Waals surface area contributed by atoms with E-state index in [4.69, 9.17) is 11.6 Å². The molecule has 1 atom stereocenters. The molecule has 3 rings (SSSR count). The van der Waals surface area contributed by atoms with Crippen LogP contribution in [0.25, 0.3) is 0 Å². The van der Waals surface area contributed by atoms with E-state index in [-0.39, 0.29) is 12.4 Å². The van der Waals surface area contributed by atoms with E-state index in [1.807, 2.05) is 30.6 Å². The van der Waals surface area contributed by atoms with Crippen molar-refractivity contribution in [2.45, 2.75) is 12.6 Å². The maximum Gasteiger partial charge on any atom is 0.0477 e. The summed E-state index contributed by atoms with van der Waals surface area (Å²) in [6, 6.07) is 12.6. The highest BCUT2D eigenvalue weighted by Gasteiger charge is 2.23. The third-order valence-electron chi connectivity index (χ3n) is 3.70. The summed E-state index contributed by atoms with van der Waals surface area (Å²) in [6.45, 7) is 3.94. The van der Waals surface area contributed by atoms with E-state index in [1.54, 1.807) is 0 Å². The SMILES string of the molecule is Cl.Clc1cccc(C2CNCCN2Cc2cccnc2)c1. The number of nitrogens with one attached hydrogen (secondary N) is 1. The summed E-state index contributed by atoms with van der Waals surface area (Å²) in [5.74, 6) is 0. The predicted molar refractivity (Wildman–Crippen MR) is 89.0 cm³/mol. The van der Waals surface area contributed by atoms with E-state index >= 15 is 0 Å². The van der Waals surface area contributed by atoms with Crippen LogP contribution in [-0.2, 0) is 6.54 Å². The number of hydrogen-bond donors (Lipinski definition) is 1. The second-order valence-electron chi connectivity index (χ2n) is 5.11. The molecule has 1 N–H and O–H groups in total. The molecule has 0 spiro atoms. The van der Waals surface area contributed by atoms with Crippen molar-refractivity contribution in [3.8, 4) is 0 Å². The zero-order valence-electron chi connectivity index (χ0n) is 11.7. The van der Waals surface area contributed by atoms with Gasteiger partial charge in [0.25, 0.3) is 0 Å². The molecule has 21 heavy (non-hydrogen) atoms. The van der Waals surface area contributed by atoms with E-state index in [2.05, 4.69) is 33.4 Å². The molecule has 112 valence electrons. The van der Waals surface area contributed by atoms with E-state index in [0.717, 1.165) is 31.2 Å². The zero-order valence-corrected chi connectivity index (χ0v) is 13.3. The third-order valence-corrected chi connectivity index (χ3v) is 3.93. The van der Waals surface area contributed by atoms with Gasteiger partial charge in [0.15, 0.2) is 0 Å².